The summed E-state index contributed by atoms with van der Waals surface area (Å²) in [7, 11) is 0. The van der Waals surface area contributed by atoms with Crippen LogP contribution in [0.15, 0.2) is 18.7 Å². The van der Waals surface area contributed by atoms with E-state index in [4.69, 9.17) is 5.11 Å². The number of carbonyl (C=O) groups is 1. The summed E-state index contributed by atoms with van der Waals surface area (Å²) in [6.45, 7) is 4.35. The van der Waals surface area contributed by atoms with Gasteiger partial charge in [-0.15, -0.1) is 11.3 Å². The van der Waals surface area contributed by atoms with Gasteiger partial charge in [0.2, 0.25) is 0 Å². The van der Waals surface area contributed by atoms with E-state index in [1.807, 2.05) is 20.0 Å². The first kappa shape index (κ1) is 13.6. The summed E-state index contributed by atoms with van der Waals surface area (Å²) in [5.74, 6) is -1.02. The highest BCUT2D eigenvalue weighted by molar-refractivity contribution is 7.11. The van der Waals surface area contributed by atoms with Gasteiger partial charge in [0.05, 0.1) is 11.7 Å². The van der Waals surface area contributed by atoms with Gasteiger partial charge < -0.3 is 10.4 Å². The molecule has 1 atom stereocenters. The number of aromatic nitrogens is 3. The second-order valence-corrected chi connectivity index (χ2v) is 5.37. The van der Waals surface area contributed by atoms with Crippen molar-refractivity contribution in [1.82, 2.24) is 20.3 Å². The molecule has 2 rings (SSSR count). The fourth-order valence-electron chi connectivity index (χ4n) is 1.58. The molecule has 0 radical (unpaired) electrons. The minimum absolute atomic E-state index is 0.0512. The lowest BCUT2D eigenvalue weighted by Crippen LogP contribution is -2.20. The zero-order valence-electron chi connectivity index (χ0n) is 10.6. The summed E-state index contributed by atoms with van der Waals surface area (Å²) in [5, 5.41) is 13.2. The molecule has 0 saturated heterocycles. The summed E-state index contributed by atoms with van der Waals surface area (Å²) in [5.41, 5.74) is 0.597. The van der Waals surface area contributed by atoms with Gasteiger partial charge in [-0.2, -0.15) is 0 Å². The normalized spacial score (nSPS) is 12.3. The number of carboxylic acids is 1. The maximum atomic E-state index is 11.0. The molecular weight excluding hydrogens is 264 g/mol. The Bertz CT molecular complexity index is 585. The first-order valence-electron chi connectivity index (χ1n) is 5.76. The van der Waals surface area contributed by atoms with E-state index < -0.39 is 5.97 Å². The van der Waals surface area contributed by atoms with Gasteiger partial charge in [-0.3, -0.25) is 0 Å². The average Bonchev–Trinajstić information content (AvgIpc) is 2.83. The molecule has 0 aliphatic heterocycles. The van der Waals surface area contributed by atoms with Crippen LogP contribution < -0.4 is 5.32 Å². The molecule has 0 amide bonds. The van der Waals surface area contributed by atoms with Crippen molar-refractivity contribution in [2.75, 3.05) is 0 Å². The van der Waals surface area contributed by atoms with Crippen LogP contribution in [0.25, 0.3) is 0 Å². The summed E-state index contributed by atoms with van der Waals surface area (Å²) in [6, 6.07) is 0.0512. The van der Waals surface area contributed by atoms with Gasteiger partial charge in [-0.1, -0.05) is 0 Å². The number of carboxylic acid groups (broad SMARTS) is 1. The van der Waals surface area contributed by atoms with E-state index in [1.54, 1.807) is 11.3 Å². The number of thiazole rings is 1. The molecule has 1 unspecified atom stereocenters. The van der Waals surface area contributed by atoms with Crippen molar-refractivity contribution < 1.29 is 9.90 Å². The van der Waals surface area contributed by atoms with Gasteiger partial charge in [0.1, 0.15) is 16.9 Å². The maximum absolute atomic E-state index is 11.0. The lowest BCUT2D eigenvalue weighted by molar-refractivity contribution is 0.0694. The summed E-state index contributed by atoms with van der Waals surface area (Å²) >= 11 is 1.62. The fourth-order valence-corrected chi connectivity index (χ4v) is 2.38. The van der Waals surface area contributed by atoms with Crippen LogP contribution in [0.2, 0.25) is 0 Å². The van der Waals surface area contributed by atoms with Crippen LogP contribution in [0.3, 0.4) is 0 Å². The summed E-state index contributed by atoms with van der Waals surface area (Å²) in [4.78, 5) is 24.2. The third kappa shape index (κ3) is 3.33. The molecule has 0 aliphatic rings. The first-order chi connectivity index (χ1) is 9.08. The van der Waals surface area contributed by atoms with Crippen LogP contribution in [0.4, 0.5) is 0 Å². The van der Waals surface area contributed by atoms with E-state index in [0.717, 1.165) is 9.88 Å². The molecule has 2 heterocycles. The van der Waals surface area contributed by atoms with E-state index in [-0.39, 0.29) is 11.6 Å². The lowest BCUT2D eigenvalue weighted by atomic mass is 10.2. The zero-order valence-corrected chi connectivity index (χ0v) is 11.4. The molecule has 2 aromatic rings. The number of nitrogens with zero attached hydrogens (tertiary/aromatic N) is 3. The molecule has 0 bridgehead atoms. The Morgan fingerprint density at radius 2 is 2.26 bits per heavy atom. The highest BCUT2D eigenvalue weighted by Gasteiger charge is 2.14. The molecule has 0 fully saturated rings. The van der Waals surface area contributed by atoms with Crippen molar-refractivity contribution in [3.8, 4) is 0 Å². The largest absolute Gasteiger partial charge is 0.478 e. The van der Waals surface area contributed by atoms with E-state index in [0.29, 0.717) is 12.2 Å². The predicted molar refractivity (Wildman–Crippen MR) is 71.1 cm³/mol. The Hall–Kier alpha value is -1.86. The average molecular weight is 278 g/mol. The van der Waals surface area contributed by atoms with Crippen molar-refractivity contribution >= 4 is 17.3 Å². The number of hydrogen-bond acceptors (Lipinski definition) is 6. The Morgan fingerprint density at radius 1 is 1.47 bits per heavy atom. The second kappa shape index (κ2) is 5.85. The molecular formula is C12H14N4O2S. The molecule has 7 heteroatoms. The second-order valence-electron chi connectivity index (χ2n) is 4.10. The van der Waals surface area contributed by atoms with Crippen LogP contribution in [0.1, 0.15) is 38.9 Å². The van der Waals surface area contributed by atoms with Crippen molar-refractivity contribution in [3.63, 3.8) is 0 Å². The van der Waals surface area contributed by atoms with Crippen molar-refractivity contribution in [2.45, 2.75) is 26.4 Å². The molecule has 100 valence electrons. The Morgan fingerprint density at radius 3 is 2.89 bits per heavy atom. The van der Waals surface area contributed by atoms with E-state index in [1.165, 1.54) is 12.5 Å². The molecule has 2 aromatic heterocycles. The molecule has 6 nitrogen and oxygen atoms in total. The topological polar surface area (TPSA) is 88.0 Å². The molecule has 19 heavy (non-hydrogen) atoms. The maximum Gasteiger partial charge on any atom is 0.339 e. The van der Waals surface area contributed by atoms with Crippen LogP contribution >= 0.6 is 11.3 Å². The van der Waals surface area contributed by atoms with E-state index in [2.05, 4.69) is 20.3 Å². The van der Waals surface area contributed by atoms with Crippen molar-refractivity contribution in [2.24, 2.45) is 0 Å². The highest BCUT2D eigenvalue weighted by atomic mass is 32.1. The molecule has 0 aliphatic carbocycles. The van der Waals surface area contributed by atoms with Gasteiger partial charge in [-0.25, -0.2) is 19.7 Å². The number of hydrogen-bond donors (Lipinski definition) is 2. The summed E-state index contributed by atoms with van der Waals surface area (Å²) < 4.78 is 0. The fraction of sp³-hybridized carbons (Fsp3) is 0.333. The number of aryl methyl sites for hydroxylation is 1. The first-order valence-corrected chi connectivity index (χ1v) is 6.57. The van der Waals surface area contributed by atoms with Gasteiger partial charge in [0.25, 0.3) is 0 Å². The zero-order chi connectivity index (χ0) is 13.8. The van der Waals surface area contributed by atoms with Gasteiger partial charge in [-0.05, 0) is 13.8 Å². The van der Waals surface area contributed by atoms with Gasteiger partial charge in [0.15, 0.2) is 0 Å². The van der Waals surface area contributed by atoms with Crippen molar-refractivity contribution in [1.29, 1.82) is 0 Å². The van der Waals surface area contributed by atoms with E-state index >= 15 is 0 Å². The van der Waals surface area contributed by atoms with Crippen molar-refractivity contribution in [3.05, 3.63) is 39.9 Å². The third-order valence-corrected chi connectivity index (χ3v) is 3.71. The molecule has 0 saturated carbocycles. The van der Waals surface area contributed by atoms with Crippen LogP contribution in [0, 0.1) is 6.92 Å². The molecule has 2 N–H and O–H groups in total. The summed E-state index contributed by atoms with van der Waals surface area (Å²) in [6.07, 6.45) is 4.48. The number of nitrogens with one attached hydrogen (secondary N) is 1. The minimum Gasteiger partial charge on any atom is -0.478 e. The Labute approximate surface area is 114 Å². The molecule has 0 spiro atoms. The smallest absolute Gasteiger partial charge is 0.339 e. The molecule has 0 aromatic carbocycles. The highest BCUT2D eigenvalue weighted by Crippen LogP contribution is 2.19. The number of rotatable bonds is 5. The number of aromatic carboxylic acids is 1. The monoisotopic (exact) mass is 278 g/mol. The SMILES string of the molecule is Cc1cnc(C(C)NCc2ncncc2C(=O)O)s1. The van der Waals surface area contributed by atoms with Crippen LogP contribution in [-0.2, 0) is 6.54 Å². The Kier molecular flexibility index (Phi) is 4.18. The van der Waals surface area contributed by atoms with E-state index in [9.17, 15) is 4.79 Å². The standard InChI is InChI=1S/C12H14N4O2S/c1-7-3-15-11(19-7)8(2)14-5-10-9(12(17)18)4-13-6-16-10/h3-4,6,8,14H,5H2,1-2H3,(H,17,18). The lowest BCUT2D eigenvalue weighted by Gasteiger charge is -2.11. The van der Waals surface area contributed by atoms with Crippen LogP contribution in [0.5, 0.6) is 0 Å². The van der Waals surface area contributed by atoms with Gasteiger partial charge in [0, 0.05) is 23.8 Å². The van der Waals surface area contributed by atoms with Crippen LogP contribution in [-0.4, -0.2) is 26.0 Å². The predicted octanol–water partition coefficient (Wildman–Crippen LogP) is 1.79. The quantitative estimate of drug-likeness (QED) is 0.867. The Balaban J connectivity index is 2.05. The third-order valence-electron chi connectivity index (χ3n) is 2.61. The van der Waals surface area contributed by atoms with Gasteiger partial charge >= 0.3 is 5.97 Å². The minimum atomic E-state index is -1.02.